The maximum Gasteiger partial charge on any atom is 0.410 e. The van der Waals surface area contributed by atoms with Gasteiger partial charge in [-0.3, -0.25) is 0 Å². The van der Waals surface area contributed by atoms with Gasteiger partial charge in [0.1, 0.15) is 5.60 Å². The lowest BCUT2D eigenvalue weighted by Crippen LogP contribution is -2.39. The summed E-state index contributed by atoms with van der Waals surface area (Å²) < 4.78 is 5.44. The lowest BCUT2D eigenvalue weighted by Gasteiger charge is -2.26. The Morgan fingerprint density at radius 1 is 1.37 bits per heavy atom. The van der Waals surface area contributed by atoms with Gasteiger partial charge < -0.3 is 15.0 Å². The minimum Gasteiger partial charge on any atom is -0.444 e. The zero-order valence-electron chi connectivity index (χ0n) is 13.2. The van der Waals surface area contributed by atoms with Gasteiger partial charge in [0.15, 0.2) is 0 Å². The fourth-order valence-electron chi connectivity index (χ4n) is 2.29. The van der Waals surface area contributed by atoms with Gasteiger partial charge in [-0.15, -0.1) is 0 Å². The molecule has 1 aliphatic rings. The molecule has 1 amide bonds. The molecule has 1 N–H and O–H groups in total. The Morgan fingerprint density at radius 3 is 2.63 bits per heavy atom. The summed E-state index contributed by atoms with van der Waals surface area (Å²) in [7, 11) is 0. The third-order valence-electron chi connectivity index (χ3n) is 3.51. The number of likely N-dealkylation sites (tertiary alicyclic amines) is 1. The number of carbonyl (C=O) groups excluding carboxylic acids is 1. The fourth-order valence-corrected chi connectivity index (χ4v) is 2.29. The van der Waals surface area contributed by atoms with Gasteiger partial charge in [-0.05, 0) is 53.4 Å². The molecule has 0 bridgehead atoms. The Hall–Kier alpha value is -0.770. The van der Waals surface area contributed by atoms with E-state index in [1.54, 1.807) is 0 Å². The van der Waals surface area contributed by atoms with Crippen LogP contribution in [-0.2, 0) is 4.74 Å². The minimum atomic E-state index is -0.405. The largest absolute Gasteiger partial charge is 0.444 e. The number of ether oxygens (including phenoxy) is 1. The average molecular weight is 270 g/mol. The average Bonchev–Trinajstić information content (AvgIpc) is 2.52. The van der Waals surface area contributed by atoms with Crippen LogP contribution in [0.4, 0.5) is 4.79 Å². The zero-order valence-corrected chi connectivity index (χ0v) is 13.2. The molecule has 1 fully saturated rings. The van der Waals surface area contributed by atoms with Crippen molar-refractivity contribution in [3.63, 3.8) is 0 Å². The van der Waals surface area contributed by atoms with Crippen LogP contribution in [0.25, 0.3) is 0 Å². The molecule has 0 aromatic rings. The van der Waals surface area contributed by atoms with Crippen molar-refractivity contribution in [2.24, 2.45) is 0 Å². The Bertz CT molecular complexity index is 286. The second-order valence-corrected chi connectivity index (χ2v) is 6.57. The second kappa shape index (κ2) is 7.13. The molecule has 1 saturated heterocycles. The van der Waals surface area contributed by atoms with Crippen molar-refractivity contribution in [2.75, 3.05) is 13.1 Å². The van der Waals surface area contributed by atoms with Gasteiger partial charge in [0.25, 0.3) is 0 Å². The molecule has 0 saturated carbocycles. The number of hydrogen-bond acceptors (Lipinski definition) is 3. The molecule has 112 valence electrons. The number of nitrogens with zero attached hydrogens (tertiary/aromatic N) is 1. The Balaban J connectivity index is 2.43. The van der Waals surface area contributed by atoms with Crippen molar-refractivity contribution in [1.29, 1.82) is 0 Å². The van der Waals surface area contributed by atoms with E-state index in [4.69, 9.17) is 4.74 Å². The zero-order chi connectivity index (χ0) is 14.5. The molecule has 2 unspecified atom stereocenters. The van der Waals surface area contributed by atoms with Crippen molar-refractivity contribution < 1.29 is 9.53 Å². The molecule has 0 radical (unpaired) electrons. The van der Waals surface area contributed by atoms with Gasteiger partial charge in [0.05, 0.1) is 0 Å². The van der Waals surface area contributed by atoms with E-state index >= 15 is 0 Å². The first-order chi connectivity index (χ1) is 8.81. The lowest BCUT2D eigenvalue weighted by molar-refractivity contribution is 0.0256. The normalized spacial score (nSPS) is 22.8. The molecular weight excluding hydrogens is 240 g/mol. The van der Waals surface area contributed by atoms with E-state index in [0.717, 1.165) is 38.8 Å². The van der Waals surface area contributed by atoms with Gasteiger partial charge in [0.2, 0.25) is 0 Å². The predicted molar refractivity (Wildman–Crippen MR) is 78.3 cm³/mol. The highest BCUT2D eigenvalue weighted by molar-refractivity contribution is 5.68. The summed E-state index contributed by atoms with van der Waals surface area (Å²) in [5.74, 6) is 0. The first-order valence-electron chi connectivity index (χ1n) is 7.55. The van der Waals surface area contributed by atoms with E-state index in [0.29, 0.717) is 12.1 Å². The fraction of sp³-hybridized carbons (Fsp3) is 0.933. The van der Waals surface area contributed by atoms with E-state index in [1.807, 2.05) is 25.7 Å². The van der Waals surface area contributed by atoms with Gasteiger partial charge in [-0.1, -0.05) is 6.92 Å². The molecule has 1 aliphatic heterocycles. The van der Waals surface area contributed by atoms with Crippen LogP contribution in [0.3, 0.4) is 0 Å². The molecule has 0 aromatic carbocycles. The summed E-state index contributed by atoms with van der Waals surface area (Å²) in [5.41, 5.74) is -0.405. The molecular formula is C15H30N2O2. The molecule has 2 atom stereocenters. The van der Waals surface area contributed by atoms with Crippen molar-refractivity contribution in [1.82, 2.24) is 10.2 Å². The topological polar surface area (TPSA) is 41.6 Å². The standard InChI is InChI=1S/C15H30N2O2/c1-6-12(2)16-13-8-7-10-17(11-9-13)14(18)19-15(3,4)5/h12-13,16H,6-11H2,1-5H3. The van der Waals surface area contributed by atoms with Crippen molar-refractivity contribution in [3.05, 3.63) is 0 Å². The summed E-state index contributed by atoms with van der Waals surface area (Å²) in [6.07, 6.45) is 4.18. The van der Waals surface area contributed by atoms with Crippen LogP contribution in [0.1, 0.15) is 60.3 Å². The van der Waals surface area contributed by atoms with Crippen molar-refractivity contribution >= 4 is 6.09 Å². The van der Waals surface area contributed by atoms with Crippen LogP contribution in [0.15, 0.2) is 0 Å². The minimum absolute atomic E-state index is 0.170. The summed E-state index contributed by atoms with van der Waals surface area (Å²) in [6.45, 7) is 11.8. The third kappa shape index (κ3) is 6.28. The summed E-state index contributed by atoms with van der Waals surface area (Å²) in [5, 5.41) is 3.64. The predicted octanol–water partition coefficient (Wildman–Crippen LogP) is 3.16. The lowest BCUT2D eigenvalue weighted by atomic mass is 10.1. The van der Waals surface area contributed by atoms with Gasteiger partial charge in [-0.2, -0.15) is 0 Å². The van der Waals surface area contributed by atoms with Crippen LogP contribution in [0, 0.1) is 0 Å². The molecule has 0 aliphatic carbocycles. The molecule has 4 heteroatoms. The van der Waals surface area contributed by atoms with E-state index < -0.39 is 5.60 Å². The van der Waals surface area contributed by atoms with Crippen molar-refractivity contribution in [3.8, 4) is 0 Å². The van der Waals surface area contributed by atoms with E-state index in [-0.39, 0.29) is 6.09 Å². The van der Waals surface area contributed by atoms with Gasteiger partial charge in [0, 0.05) is 25.2 Å². The van der Waals surface area contributed by atoms with E-state index in [1.165, 1.54) is 0 Å². The molecule has 4 nitrogen and oxygen atoms in total. The smallest absolute Gasteiger partial charge is 0.410 e. The molecule has 19 heavy (non-hydrogen) atoms. The van der Waals surface area contributed by atoms with Crippen molar-refractivity contribution in [2.45, 2.75) is 78.0 Å². The van der Waals surface area contributed by atoms with E-state index in [2.05, 4.69) is 19.2 Å². The van der Waals surface area contributed by atoms with Crippen LogP contribution in [-0.4, -0.2) is 41.8 Å². The molecule has 0 spiro atoms. The first-order valence-corrected chi connectivity index (χ1v) is 7.55. The Morgan fingerprint density at radius 2 is 2.05 bits per heavy atom. The number of rotatable bonds is 3. The highest BCUT2D eigenvalue weighted by Gasteiger charge is 2.25. The van der Waals surface area contributed by atoms with Gasteiger partial charge >= 0.3 is 6.09 Å². The number of carbonyl (C=O) groups is 1. The van der Waals surface area contributed by atoms with Crippen LogP contribution in [0.5, 0.6) is 0 Å². The summed E-state index contributed by atoms with van der Waals surface area (Å²) in [4.78, 5) is 13.9. The SMILES string of the molecule is CCC(C)NC1CCCN(C(=O)OC(C)(C)C)CC1. The quantitative estimate of drug-likeness (QED) is 0.856. The molecule has 0 aromatic heterocycles. The monoisotopic (exact) mass is 270 g/mol. The molecule has 1 heterocycles. The van der Waals surface area contributed by atoms with Crippen LogP contribution >= 0.6 is 0 Å². The second-order valence-electron chi connectivity index (χ2n) is 6.57. The van der Waals surface area contributed by atoms with Crippen LogP contribution in [0.2, 0.25) is 0 Å². The maximum atomic E-state index is 12.0. The Labute approximate surface area is 117 Å². The van der Waals surface area contributed by atoms with Crippen LogP contribution < -0.4 is 5.32 Å². The number of amides is 1. The van der Waals surface area contributed by atoms with Gasteiger partial charge in [-0.25, -0.2) is 4.79 Å². The highest BCUT2D eigenvalue weighted by Crippen LogP contribution is 2.16. The first kappa shape index (κ1) is 16.3. The van der Waals surface area contributed by atoms with E-state index in [9.17, 15) is 4.79 Å². The number of hydrogen-bond donors (Lipinski definition) is 1. The third-order valence-corrected chi connectivity index (χ3v) is 3.51. The Kier molecular flexibility index (Phi) is 6.11. The highest BCUT2D eigenvalue weighted by atomic mass is 16.6. The summed E-state index contributed by atoms with van der Waals surface area (Å²) in [6, 6.07) is 1.08. The molecule has 1 rings (SSSR count). The summed E-state index contributed by atoms with van der Waals surface area (Å²) >= 11 is 0. The number of nitrogens with one attached hydrogen (secondary N) is 1. The maximum absolute atomic E-state index is 12.0.